The Morgan fingerprint density at radius 3 is 2.76 bits per heavy atom. The molecule has 1 unspecified atom stereocenters. The molecular weight excluding hydrogens is 344 g/mol. The van der Waals surface area contributed by atoms with Gasteiger partial charge in [-0.3, -0.25) is 0 Å². The maximum atomic E-state index is 5.97. The first kappa shape index (κ1) is 13.6. The van der Waals surface area contributed by atoms with Crippen molar-refractivity contribution in [3.05, 3.63) is 34.3 Å². The molecule has 1 saturated carbocycles. The van der Waals surface area contributed by atoms with E-state index in [1.165, 1.54) is 31.2 Å². The van der Waals surface area contributed by atoms with Crippen LogP contribution in [0.2, 0.25) is 0 Å². The van der Waals surface area contributed by atoms with Crippen molar-refractivity contribution < 1.29 is 4.74 Å². The quantitative estimate of drug-likeness (QED) is 0.641. The Hall–Kier alpha value is 0.140. The zero-order chi connectivity index (χ0) is 12.1. The largest absolute Gasteiger partial charge is 0.373 e. The van der Waals surface area contributed by atoms with E-state index in [2.05, 4.69) is 50.1 Å². The summed E-state index contributed by atoms with van der Waals surface area (Å²) < 4.78 is 7.09. The zero-order valence-electron chi connectivity index (χ0n) is 9.87. The van der Waals surface area contributed by atoms with E-state index in [4.69, 9.17) is 4.74 Å². The highest BCUT2D eigenvalue weighted by Crippen LogP contribution is 2.30. The summed E-state index contributed by atoms with van der Waals surface area (Å²) in [4.78, 5) is 0. The summed E-state index contributed by atoms with van der Waals surface area (Å²) in [5.41, 5.74) is 1.24. The maximum Gasteiger partial charge on any atom is 0.0922 e. The van der Waals surface area contributed by atoms with Crippen LogP contribution in [0.25, 0.3) is 0 Å². The highest BCUT2D eigenvalue weighted by Gasteiger charge is 2.18. The monoisotopic (exact) mass is 360 g/mol. The second kappa shape index (κ2) is 6.91. The standard InChI is InChI=1S/C14H18Br2O/c15-10-14(12-5-2-6-13(16)9-12)17-8-7-11-3-1-4-11/h2,5-6,9,11,14H,1,3-4,7-8,10H2. The van der Waals surface area contributed by atoms with Gasteiger partial charge in [0.05, 0.1) is 6.10 Å². The Bertz CT molecular complexity index is 350. The molecule has 1 aromatic carbocycles. The molecule has 0 spiro atoms. The van der Waals surface area contributed by atoms with Gasteiger partial charge in [-0.1, -0.05) is 63.3 Å². The fourth-order valence-electron chi connectivity index (χ4n) is 2.10. The van der Waals surface area contributed by atoms with Crippen molar-refractivity contribution in [2.24, 2.45) is 5.92 Å². The lowest BCUT2D eigenvalue weighted by Crippen LogP contribution is -2.15. The molecule has 0 aliphatic heterocycles. The van der Waals surface area contributed by atoms with E-state index in [0.717, 1.165) is 22.3 Å². The van der Waals surface area contributed by atoms with E-state index in [9.17, 15) is 0 Å². The average molecular weight is 362 g/mol. The van der Waals surface area contributed by atoms with Gasteiger partial charge >= 0.3 is 0 Å². The molecule has 1 nitrogen and oxygen atoms in total. The van der Waals surface area contributed by atoms with Crippen molar-refractivity contribution in [1.82, 2.24) is 0 Å². The van der Waals surface area contributed by atoms with E-state index >= 15 is 0 Å². The number of alkyl halides is 1. The molecule has 0 bridgehead atoms. The number of rotatable bonds is 6. The first-order chi connectivity index (χ1) is 8.29. The molecule has 0 saturated heterocycles. The number of ether oxygens (including phenoxy) is 1. The summed E-state index contributed by atoms with van der Waals surface area (Å²) in [5.74, 6) is 0.925. The van der Waals surface area contributed by atoms with Crippen molar-refractivity contribution >= 4 is 31.9 Å². The van der Waals surface area contributed by atoms with E-state index in [1.807, 2.05) is 6.07 Å². The predicted molar refractivity (Wildman–Crippen MR) is 78.6 cm³/mol. The van der Waals surface area contributed by atoms with Crippen LogP contribution in [0.5, 0.6) is 0 Å². The molecule has 2 rings (SSSR count). The van der Waals surface area contributed by atoms with Crippen molar-refractivity contribution in [2.75, 3.05) is 11.9 Å². The molecule has 3 heteroatoms. The average Bonchev–Trinajstić information content (AvgIpc) is 2.27. The van der Waals surface area contributed by atoms with Gasteiger partial charge in [0.25, 0.3) is 0 Å². The highest BCUT2D eigenvalue weighted by molar-refractivity contribution is 9.10. The van der Waals surface area contributed by atoms with Crippen molar-refractivity contribution in [1.29, 1.82) is 0 Å². The molecule has 1 aliphatic rings. The van der Waals surface area contributed by atoms with Gasteiger partial charge in [-0.15, -0.1) is 0 Å². The zero-order valence-corrected chi connectivity index (χ0v) is 13.0. The molecule has 0 heterocycles. The summed E-state index contributed by atoms with van der Waals surface area (Å²) in [6.07, 6.45) is 5.61. The fraction of sp³-hybridized carbons (Fsp3) is 0.571. The molecular formula is C14H18Br2O. The van der Waals surface area contributed by atoms with Crippen molar-refractivity contribution in [3.63, 3.8) is 0 Å². The van der Waals surface area contributed by atoms with Crippen LogP contribution in [0.1, 0.15) is 37.4 Å². The summed E-state index contributed by atoms with van der Waals surface area (Å²) in [6.45, 7) is 0.882. The van der Waals surface area contributed by atoms with Gasteiger partial charge in [0.2, 0.25) is 0 Å². The van der Waals surface area contributed by atoms with Crippen LogP contribution in [-0.4, -0.2) is 11.9 Å². The van der Waals surface area contributed by atoms with Crippen LogP contribution in [0, 0.1) is 5.92 Å². The molecule has 0 aromatic heterocycles. The molecule has 1 aromatic rings. The maximum absolute atomic E-state index is 5.97. The summed E-state index contributed by atoms with van der Waals surface area (Å²) in [7, 11) is 0. The van der Waals surface area contributed by atoms with Gasteiger partial charge < -0.3 is 4.74 Å². The van der Waals surface area contributed by atoms with Crippen molar-refractivity contribution in [3.8, 4) is 0 Å². The first-order valence-electron chi connectivity index (χ1n) is 6.22. The molecule has 0 radical (unpaired) electrons. The molecule has 17 heavy (non-hydrogen) atoms. The minimum atomic E-state index is 0.174. The third kappa shape index (κ3) is 4.08. The number of hydrogen-bond donors (Lipinski definition) is 0. The highest BCUT2D eigenvalue weighted by atomic mass is 79.9. The van der Waals surface area contributed by atoms with Gasteiger partial charge in [-0.05, 0) is 30.0 Å². The fourth-order valence-corrected chi connectivity index (χ4v) is 3.07. The van der Waals surface area contributed by atoms with Gasteiger partial charge in [-0.2, -0.15) is 0 Å². The minimum Gasteiger partial charge on any atom is -0.373 e. The normalized spacial score (nSPS) is 17.8. The Morgan fingerprint density at radius 2 is 2.18 bits per heavy atom. The minimum absolute atomic E-state index is 0.174. The van der Waals surface area contributed by atoms with Crippen LogP contribution in [0.15, 0.2) is 28.7 Å². The Balaban J connectivity index is 1.82. The van der Waals surface area contributed by atoms with Gasteiger partial charge in [0.1, 0.15) is 0 Å². The lowest BCUT2D eigenvalue weighted by molar-refractivity contribution is 0.0520. The van der Waals surface area contributed by atoms with Gasteiger partial charge in [-0.25, -0.2) is 0 Å². The number of benzene rings is 1. The van der Waals surface area contributed by atoms with Crippen molar-refractivity contribution in [2.45, 2.75) is 31.8 Å². The Kier molecular flexibility index (Phi) is 5.51. The third-order valence-electron chi connectivity index (χ3n) is 3.43. The van der Waals surface area contributed by atoms with E-state index in [-0.39, 0.29) is 6.10 Å². The Morgan fingerprint density at radius 1 is 1.35 bits per heavy atom. The first-order valence-corrected chi connectivity index (χ1v) is 8.14. The van der Waals surface area contributed by atoms with Gasteiger partial charge in [0.15, 0.2) is 0 Å². The van der Waals surface area contributed by atoms with Crippen LogP contribution >= 0.6 is 31.9 Å². The number of hydrogen-bond acceptors (Lipinski definition) is 1. The summed E-state index contributed by atoms with van der Waals surface area (Å²) in [5, 5.41) is 0.855. The predicted octanol–water partition coefficient (Wildman–Crippen LogP) is 5.09. The van der Waals surface area contributed by atoms with Crippen LogP contribution in [0.3, 0.4) is 0 Å². The van der Waals surface area contributed by atoms with Gasteiger partial charge in [0, 0.05) is 16.4 Å². The van der Waals surface area contributed by atoms with Crippen LogP contribution < -0.4 is 0 Å². The lowest BCUT2D eigenvalue weighted by atomic mass is 9.83. The van der Waals surface area contributed by atoms with E-state index in [0.29, 0.717) is 0 Å². The molecule has 0 N–H and O–H groups in total. The smallest absolute Gasteiger partial charge is 0.0922 e. The van der Waals surface area contributed by atoms with E-state index < -0.39 is 0 Å². The van der Waals surface area contributed by atoms with Crippen LogP contribution in [-0.2, 0) is 4.74 Å². The summed E-state index contributed by atoms with van der Waals surface area (Å²) >= 11 is 7.04. The van der Waals surface area contributed by atoms with E-state index in [1.54, 1.807) is 0 Å². The summed E-state index contributed by atoms with van der Waals surface area (Å²) in [6, 6.07) is 8.36. The third-order valence-corrected chi connectivity index (χ3v) is 4.51. The Labute approximate surface area is 120 Å². The second-order valence-electron chi connectivity index (χ2n) is 4.65. The molecule has 1 aliphatic carbocycles. The molecule has 1 fully saturated rings. The molecule has 94 valence electrons. The molecule has 0 amide bonds. The number of halogens is 2. The SMILES string of the molecule is BrCC(OCCC1CCC1)c1cccc(Br)c1. The van der Waals surface area contributed by atoms with Crippen LogP contribution in [0.4, 0.5) is 0 Å². The second-order valence-corrected chi connectivity index (χ2v) is 6.22. The lowest BCUT2D eigenvalue weighted by Gasteiger charge is -2.26. The molecule has 1 atom stereocenters. The topological polar surface area (TPSA) is 9.23 Å².